The predicted molar refractivity (Wildman–Crippen MR) is 63.9 cm³/mol. The Labute approximate surface area is 98.6 Å². The van der Waals surface area contributed by atoms with Crippen LogP contribution in [0.25, 0.3) is 0 Å². The molecule has 0 amide bonds. The van der Waals surface area contributed by atoms with Gasteiger partial charge in [0.15, 0.2) is 0 Å². The van der Waals surface area contributed by atoms with Crippen molar-refractivity contribution in [1.82, 2.24) is 9.97 Å². The smallest absolute Gasteiger partial charge is 0.144 e. The van der Waals surface area contributed by atoms with Crippen molar-refractivity contribution in [3.05, 3.63) is 17.0 Å². The molecule has 0 saturated heterocycles. The van der Waals surface area contributed by atoms with Crippen LogP contribution in [-0.2, 0) is 4.74 Å². The summed E-state index contributed by atoms with van der Waals surface area (Å²) >= 11 is 3.40. The van der Waals surface area contributed by atoms with Crippen molar-refractivity contribution in [2.24, 2.45) is 0 Å². The molecule has 5 heteroatoms. The lowest BCUT2D eigenvalue weighted by atomic mass is 10.2. The van der Waals surface area contributed by atoms with Crippen molar-refractivity contribution in [2.45, 2.75) is 25.8 Å². The van der Waals surface area contributed by atoms with Crippen molar-refractivity contribution in [3.63, 3.8) is 0 Å². The summed E-state index contributed by atoms with van der Waals surface area (Å²) in [5.41, 5.74) is 0. The first-order chi connectivity index (χ1) is 7.27. The van der Waals surface area contributed by atoms with Gasteiger partial charge in [0.1, 0.15) is 12.1 Å². The van der Waals surface area contributed by atoms with E-state index in [-0.39, 0.29) is 0 Å². The van der Waals surface area contributed by atoms with E-state index in [9.17, 15) is 0 Å². The van der Waals surface area contributed by atoms with Gasteiger partial charge in [-0.05, 0) is 22.4 Å². The van der Waals surface area contributed by atoms with E-state index in [1.165, 1.54) is 6.33 Å². The van der Waals surface area contributed by atoms with Crippen LogP contribution in [0.15, 0.2) is 17.0 Å². The average molecular weight is 274 g/mol. The molecule has 1 unspecified atom stereocenters. The fourth-order valence-corrected chi connectivity index (χ4v) is 1.69. The second-order valence-corrected chi connectivity index (χ2v) is 4.16. The monoisotopic (exact) mass is 273 g/mol. The molecule has 0 saturated carbocycles. The van der Waals surface area contributed by atoms with Gasteiger partial charge in [-0.25, -0.2) is 9.97 Å². The minimum absolute atomic E-state index is 0.297. The second-order valence-electron chi connectivity index (χ2n) is 3.30. The van der Waals surface area contributed by atoms with Crippen LogP contribution in [0.4, 0.5) is 5.82 Å². The summed E-state index contributed by atoms with van der Waals surface area (Å²) in [7, 11) is 1.71. The summed E-state index contributed by atoms with van der Waals surface area (Å²) < 4.78 is 6.02. The first-order valence-electron chi connectivity index (χ1n) is 4.99. The standard InChI is InChI=1S/C10H16BrN3O/c1-3-4-8(6-15-2)14-10-9(11)5-12-7-13-10/h5,7-8H,3-4,6H2,1-2H3,(H,12,13,14). The van der Waals surface area contributed by atoms with Crippen molar-refractivity contribution in [2.75, 3.05) is 19.0 Å². The van der Waals surface area contributed by atoms with Crippen LogP contribution in [0.1, 0.15) is 19.8 Å². The zero-order valence-electron chi connectivity index (χ0n) is 9.03. The van der Waals surface area contributed by atoms with Crippen molar-refractivity contribution in [3.8, 4) is 0 Å². The topological polar surface area (TPSA) is 47.0 Å². The maximum atomic E-state index is 5.15. The summed E-state index contributed by atoms with van der Waals surface area (Å²) in [4.78, 5) is 8.07. The van der Waals surface area contributed by atoms with Gasteiger partial charge in [0.2, 0.25) is 0 Å². The second kappa shape index (κ2) is 6.74. The molecule has 1 aromatic heterocycles. The average Bonchev–Trinajstić information content (AvgIpc) is 2.22. The number of nitrogens with one attached hydrogen (secondary N) is 1. The third kappa shape index (κ3) is 4.13. The van der Waals surface area contributed by atoms with Crippen LogP contribution in [0, 0.1) is 0 Å². The highest BCUT2D eigenvalue weighted by Gasteiger charge is 2.09. The van der Waals surface area contributed by atoms with Crippen LogP contribution >= 0.6 is 15.9 Å². The Morgan fingerprint density at radius 3 is 3.00 bits per heavy atom. The molecule has 1 rings (SSSR count). The summed E-state index contributed by atoms with van der Waals surface area (Å²) in [5.74, 6) is 0.820. The van der Waals surface area contributed by atoms with E-state index in [1.807, 2.05) is 0 Å². The van der Waals surface area contributed by atoms with Gasteiger partial charge in [-0.2, -0.15) is 0 Å². The molecule has 0 spiro atoms. The van der Waals surface area contributed by atoms with E-state index < -0.39 is 0 Å². The molecule has 0 fully saturated rings. The molecule has 4 nitrogen and oxygen atoms in total. The van der Waals surface area contributed by atoms with Crippen LogP contribution in [0.2, 0.25) is 0 Å². The van der Waals surface area contributed by atoms with E-state index in [1.54, 1.807) is 13.3 Å². The Hall–Kier alpha value is -0.680. The molecule has 1 aromatic rings. The molecule has 84 valence electrons. The number of hydrogen-bond acceptors (Lipinski definition) is 4. The Bertz CT molecular complexity index is 290. The lowest BCUT2D eigenvalue weighted by Gasteiger charge is -2.18. The number of rotatable bonds is 6. The van der Waals surface area contributed by atoms with E-state index >= 15 is 0 Å². The summed E-state index contributed by atoms with van der Waals surface area (Å²) in [5, 5.41) is 3.33. The molecule has 0 aromatic carbocycles. The highest BCUT2D eigenvalue weighted by Crippen LogP contribution is 2.18. The minimum Gasteiger partial charge on any atom is -0.383 e. The molecule has 0 aliphatic heterocycles. The van der Waals surface area contributed by atoms with Gasteiger partial charge in [0.05, 0.1) is 17.1 Å². The molecule has 15 heavy (non-hydrogen) atoms. The fraction of sp³-hybridized carbons (Fsp3) is 0.600. The van der Waals surface area contributed by atoms with Crippen molar-refractivity contribution >= 4 is 21.7 Å². The molecule has 1 N–H and O–H groups in total. The number of anilines is 1. The Morgan fingerprint density at radius 2 is 2.40 bits per heavy atom. The SMILES string of the molecule is CCCC(COC)Nc1ncncc1Br. The highest BCUT2D eigenvalue weighted by atomic mass is 79.9. The quantitative estimate of drug-likeness (QED) is 0.865. The summed E-state index contributed by atoms with van der Waals surface area (Å²) in [6.07, 6.45) is 5.43. The van der Waals surface area contributed by atoms with Crippen LogP contribution in [-0.4, -0.2) is 29.7 Å². The normalized spacial score (nSPS) is 12.5. The van der Waals surface area contributed by atoms with Crippen molar-refractivity contribution in [1.29, 1.82) is 0 Å². The number of methoxy groups -OCH3 is 1. The number of nitrogens with zero attached hydrogens (tertiary/aromatic N) is 2. The number of halogens is 1. The number of aromatic nitrogens is 2. The van der Waals surface area contributed by atoms with Gasteiger partial charge in [-0.15, -0.1) is 0 Å². The number of ether oxygens (including phenoxy) is 1. The van der Waals surface area contributed by atoms with E-state index in [4.69, 9.17) is 4.74 Å². The zero-order chi connectivity index (χ0) is 11.1. The van der Waals surface area contributed by atoms with Gasteiger partial charge in [-0.1, -0.05) is 13.3 Å². The van der Waals surface area contributed by atoms with E-state index in [2.05, 4.69) is 38.1 Å². The van der Waals surface area contributed by atoms with Gasteiger partial charge < -0.3 is 10.1 Å². The Kier molecular flexibility index (Phi) is 5.57. The van der Waals surface area contributed by atoms with Gasteiger partial charge in [0.25, 0.3) is 0 Å². The van der Waals surface area contributed by atoms with E-state index in [0.29, 0.717) is 12.6 Å². The molecule has 0 aliphatic rings. The molecular weight excluding hydrogens is 258 g/mol. The zero-order valence-corrected chi connectivity index (χ0v) is 10.6. The molecular formula is C10H16BrN3O. The van der Waals surface area contributed by atoms with Crippen LogP contribution in [0.5, 0.6) is 0 Å². The van der Waals surface area contributed by atoms with Gasteiger partial charge >= 0.3 is 0 Å². The predicted octanol–water partition coefficient (Wildman–Crippen LogP) is 2.47. The highest BCUT2D eigenvalue weighted by molar-refractivity contribution is 9.10. The summed E-state index contributed by atoms with van der Waals surface area (Å²) in [6.45, 7) is 2.84. The molecule has 0 radical (unpaired) electrons. The largest absolute Gasteiger partial charge is 0.383 e. The van der Waals surface area contributed by atoms with E-state index in [0.717, 1.165) is 23.1 Å². The molecule has 1 atom stereocenters. The van der Waals surface area contributed by atoms with Crippen LogP contribution < -0.4 is 5.32 Å². The third-order valence-corrected chi connectivity index (χ3v) is 2.59. The van der Waals surface area contributed by atoms with Crippen LogP contribution in [0.3, 0.4) is 0 Å². The Balaban J connectivity index is 2.60. The fourth-order valence-electron chi connectivity index (χ4n) is 1.36. The molecule has 0 bridgehead atoms. The lowest BCUT2D eigenvalue weighted by Crippen LogP contribution is -2.25. The third-order valence-electron chi connectivity index (χ3n) is 2.01. The van der Waals surface area contributed by atoms with Gasteiger partial charge in [-0.3, -0.25) is 0 Å². The Morgan fingerprint density at radius 1 is 1.60 bits per heavy atom. The number of hydrogen-bond donors (Lipinski definition) is 1. The maximum Gasteiger partial charge on any atom is 0.144 e. The summed E-state index contributed by atoms with van der Waals surface area (Å²) in [6, 6.07) is 0.297. The lowest BCUT2D eigenvalue weighted by molar-refractivity contribution is 0.182. The first kappa shape index (κ1) is 12.4. The van der Waals surface area contributed by atoms with Gasteiger partial charge in [0, 0.05) is 13.3 Å². The maximum absolute atomic E-state index is 5.15. The molecule has 1 heterocycles. The van der Waals surface area contributed by atoms with Crippen molar-refractivity contribution < 1.29 is 4.74 Å². The molecule has 0 aliphatic carbocycles. The minimum atomic E-state index is 0.297. The first-order valence-corrected chi connectivity index (χ1v) is 5.78.